The van der Waals surface area contributed by atoms with Crippen molar-refractivity contribution in [3.05, 3.63) is 17.0 Å². The van der Waals surface area contributed by atoms with Crippen LogP contribution in [-0.2, 0) is 24.2 Å². The maximum absolute atomic E-state index is 5.24. The van der Waals surface area contributed by atoms with Gasteiger partial charge in [-0.1, -0.05) is 0 Å². The van der Waals surface area contributed by atoms with E-state index >= 15 is 0 Å². The summed E-state index contributed by atoms with van der Waals surface area (Å²) in [6, 6.07) is 0. The molecule has 14 heavy (non-hydrogen) atoms. The molecular formula is C10H15N3O. The fraction of sp³-hybridized carbons (Fsp3) is 0.700. The molecule has 4 heteroatoms. The first kappa shape index (κ1) is 8.44. The molecule has 0 aliphatic carbocycles. The van der Waals surface area contributed by atoms with Crippen molar-refractivity contribution < 1.29 is 4.74 Å². The summed E-state index contributed by atoms with van der Waals surface area (Å²) in [6.07, 6.45) is 1.52. The molecule has 0 amide bonds. The minimum Gasteiger partial charge on any atom is -0.371 e. The SMILES string of the molecule is Cc1nn(CC2CO2)c2c1CNCC2. The van der Waals surface area contributed by atoms with Gasteiger partial charge in [0, 0.05) is 30.8 Å². The van der Waals surface area contributed by atoms with Gasteiger partial charge in [-0.05, 0) is 6.92 Å². The number of hydrogen-bond acceptors (Lipinski definition) is 3. The highest BCUT2D eigenvalue weighted by atomic mass is 16.6. The first-order valence-electron chi connectivity index (χ1n) is 5.22. The Hall–Kier alpha value is -0.870. The maximum atomic E-state index is 5.24. The molecule has 76 valence electrons. The Morgan fingerprint density at radius 3 is 3.29 bits per heavy atom. The van der Waals surface area contributed by atoms with Crippen LogP contribution in [-0.4, -0.2) is 29.0 Å². The lowest BCUT2D eigenvalue weighted by atomic mass is 10.1. The molecule has 1 saturated heterocycles. The second kappa shape index (κ2) is 3.07. The lowest BCUT2D eigenvalue weighted by Gasteiger charge is -2.14. The minimum absolute atomic E-state index is 0.424. The summed E-state index contributed by atoms with van der Waals surface area (Å²) in [5.41, 5.74) is 3.99. The van der Waals surface area contributed by atoms with Crippen molar-refractivity contribution >= 4 is 0 Å². The molecular weight excluding hydrogens is 178 g/mol. The number of epoxide rings is 1. The van der Waals surface area contributed by atoms with E-state index in [2.05, 4.69) is 22.0 Å². The summed E-state index contributed by atoms with van der Waals surface area (Å²) < 4.78 is 7.38. The van der Waals surface area contributed by atoms with Crippen molar-refractivity contribution in [2.75, 3.05) is 13.2 Å². The number of aromatic nitrogens is 2. The van der Waals surface area contributed by atoms with Crippen LogP contribution < -0.4 is 5.32 Å². The molecule has 3 rings (SSSR count). The normalized spacial score (nSPS) is 24.8. The molecule has 0 spiro atoms. The summed E-state index contributed by atoms with van der Waals surface area (Å²) in [5, 5.41) is 7.95. The molecule has 0 bridgehead atoms. The summed E-state index contributed by atoms with van der Waals surface area (Å²) in [4.78, 5) is 0. The number of rotatable bonds is 2. The van der Waals surface area contributed by atoms with Gasteiger partial charge in [0.1, 0.15) is 6.10 Å². The zero-order chi connectivity index (χ0) is 9.54. The summed E-state index contributed by atoms with van der Waals surface area (Å²) in [5.74, 6) is 0. The van der Waals surface area contributed by atoms with Crippen LogP contribution in [0.15, 0.2) is 0 Å². The van der Waals surface area contributed by atoms with Crippen LogP contribution >= 0.6 is 0 Å². The summed E-state index contributed by atoms with van der Waals surface area (Å²) in [7, 11) is 0. The van der Waals surface area contributed by atoms with Gasteiger partial charge in [0.2, 0.25) is 0 Å². The molecule has 2 aliphatic rings. The van der Waals surface area contributed by atoms with E-state index in [1.54, 1.807) is 0 Å². The molecule has 0 aromatic carbocycles. The average molecular weight is 193 g/mol. The Morgan fingerprint density at radius 1 is 1.64 bits per heavy atom. The Balaban J connectivity index is 1.93. The fourth-order valence-electron chi connectivity index (χ4n) is 2.11. The van der Waals surface area contributed by atoms with Crippen molar-refractivity contribution in [3.63, 3.8) is 0 Å². The van der Waals surface area contributed by atoms with Crippen LogP contribution in [0.1, 0.15) is 17.0 Å². The van der Waals surface area contributed by atoms with E-state index in [-0.39, 0.29) is 0 Å². The average Bonchev–Trinajstić information content (AvgIpc) is 2.95. The van der Waals surface area contributed by atoms with Crippen LogP contribution in [0, 0.1) is 6.92 Å². The van der Waals surface area contributed by atoms with Crippen LogP contribution in [0.5, 0.6) is 0 Å². The van der Waals surface area contributed by atoms with Gasteiger partial charge < -0.3 is 10.1 Å². The minimum atomic E-state index is 0.424. The molecule has 0 saturated carbocycles. The molecule has 1 fully saturated rings. The molecule has 1 unspecified atom stereocenters. The van der Waals surface area contributed by atoms with Gasteiger partial charge in [-0.3, -0.25) is 4.68 Å². The highest BCUT2D eigenvalue weighted by Crippen LogP contribution is 2.20. The molecule has 1 aromatic heterocycles. The van der Waals surface area contributed by atoms with E-state index in [0.29, 0.717) is 6.10 Å². The standard InChI is InChI=1S/C10H15N3O/c1-7-9-4-11-3-2-10(9)13(12-7)5-8-6-14-8/h8,11H,2-6H2,1H3. The number of ether oxygens (including phenoxy) is 1. The number of nitrogens with one attached hydrogen (secondary N) is 1. The number of aryl methyl sites for hydroxylation is 1. The fourth-order valence-corrected chi connectivity index (χ4v) is 2.11. The Bertz CT molecular complexity index is 354. The van der Waals surface area contributed by atoms with Crippen LogP contribution in [0.25, 0.3) is 0 Å². The number of nitrogens with zero attached hydrogens (tertiary/aromatic N) is 2. The Morgan fingerprint density at radius 2 is 2.50 bits per heavy atom. The lowest BCUT2D eigenvalue weighted by Crippen LogP contribution is -2.25. The third-order valence-corrected chi connectivity index (χ3v) is 2.99. The van der Waals surface area contributed by atoms with Gasteiger partial charge in [-0.25, -0.2) is 0 Å². The zero-order valence-electron chi connectivity index (χ0n) is 8.42. The molecule has 2 aliphatic heterocycles. The number of fused-ring (bicyclic) bond motifs is 1. The molecule has 1 atom stereocenters. The van der Waals surface area contributed by atoms with Crippen molar-refractivity contribution in [1.29, 1.82) is 0 Å². The third-order valence-electron chi connectivity index (χ3n) is 2.99. The summed E-state index contributed by atoms with van der Waals surface area (Å²) in [6.45, 7) is 5.99. The second-order valence-electron chi connectivity index (χ2n) is 4.07. The zero-order valence-corrected chi connectivity index (χ0v) is 8.42. The van der Waals surface area contributed by atoms with Crippen molar-refractivity contribution in [1.82, 2.24) is 15.1 Å². The predicted molar refractivity (Wildman–Crippen MR) is 52.1 cm³/mol. The van der Waals surface area contributed by atoms with Crippen molar-refractivity contribution in [2.24, 2.45) is 0 Å². The largest absolute Gasteiger partial charge is 0.371 e. The molecule has 4 nitrogen and oxygen atoms in total. The molecule has 0 radical (unpaired) electrons. The van der Waals surface area contributed by atoms with E-state index in [9.17, 15) is 0 Å². The smallest absolute Gasteiger partial charge is 0.100 e. The third kappa shape index (κ3) is 1.35. The Labute approximate surface area is 83.2 Å². The first-order chi connectivity index (χ1) is 6.84. The second-order valence-corrected chi connectivity index (χ2v) is 4.07. The van der Waals surface area contributed by atoms with Crippen LogP contribution in [0.4, 0.5) is 0 Å². The monoisotopic (exact) mass is 193 g/mol. The molecule has 3 heterocycles. The van der Waals surface area contributed by atoms with Gasteiger partial charge in [0.15, 0.2) is 0 Å². The van der Waals surface area contributed by atoms with E-state index in [1.165, 1.54) is 17.0 Å². The molecule has 1 N–H and O–H groups in total. The highest BCUT2D eigenvalue weighted by Gasteiger charge is 2.26. The van der Waals surface area contributed by atoms with Gasteiger partial charge in [0.25, 0.3) is 0 Å². The van der Waals surface area contributed by atoms with Crippen LogP contribution in [0.3, 0.4) is 0 Å². The van der Waals surface area contributed by atoms with Gasteiger partial charge in [-0.2, -0.15) is 5.10 Å². The lowest BCUT2D eigenvalue weighted by molar-refractivity contribution is 0.368. The topological polar surface area (TPSA) is 42.4 Å². The van der Waals surface area contributed by atoms with E-state index in [0.717, 1.165) is 32.7 Å². The van der Waals surface area contributed by atoms with Crippen molar-refractivity contribution in [2.45, 2.75) is 32.5 Å². The summed E-state index contributed by atoms with van der Waals surface area (Å²) >= 11 is 0. The van der Waals surface area contributed by atoms with Crippen LogP contribution in [0.2, 0.25) is 0 Å². The predicted octanol–water partition coefficient (Wildman–Crippen LogP) is 0.236. The highest BCUT2D eigenvalue weighted by molar-refractivity contribution is 5.27. The van der Waals surface area contributed by atoms with Crippen molar-refractivity contribution in [3.8, 4) is 0 Å². The number of hydrogen-bond donors (Lipinski definition) is 1. The van der Waals surface area contributed by atoms with Gasteiger partial charge in [0.05, 0.1) is 18.8 Å². The van der Waals surface area contributed by atoms with E-state index in [1.807, 2.05) is 0 Å². The molecule has 1 aromatic rings. The van der Waals surface area contributed by atoms with E-state index in [4.69, 9.17) is 4.74 Å². The van der Waals surface area contributed by atoms with Gasteiger partial charge >= 0.3 is 0 Å². The first-order valence-corrected chi connectivity index (χ1v) is 5.22. The van der Waals surface area contributed by atoms with E-state index < -0.39 is 0 Å². The Kier molecular flexibility index (Phi) is 1.85. The quantitative estimate of drug-likeness (QED) is 0.684. The van der Waals surface area contributed by atoms with Gasteiger partial charge in [-0.15, -0.1) is 0 Å². The maximum Gasteiger partial charge on any atom is 0.100 e.